The molecule has 1 aliphatic rings. The van der Waals surface area contributed by atoms with Gasteiger partial charge in [-0.3, -0.25) is 0 Å². The zero-order valence-electron chi connectivity index (χ0n) is 10.5. The second-order valence-electron chi connectivity index (χ2n) is 4.81. The van der Waals surface area contributed by atoms with Gasteiger partial charge < -0.3 is 15.0 Å². The van der Waals surface area contributed by atoms with Crippen molar-refractivity contribution in [1.29, 1.82) is 0 Å². The van der Waals surface area contributed by atoms with Crippen molar-refractivity contribution in [3.8, 4) is 0 Å². The Morgan fingerprint density at radius 1 is 1.40 bits per heavy atom. The molecule has 1 rings (SSSR count). The molecule has 1 saturated heterocycles. The van der Waals surface area contributed by atoms with Crippen LogP contribution < -0.4 is 5.32 Å². The van der Waals surface area contributed by atoms with Gasteiger partial charge >= 0.3 is 0 Å². The number of hydrogen-bond donors (Lipinski definition) is 1. The summed E-state index contributed by atoms with van der Waals surface area (Å²) in [6, 6.07) is 0. The molecule has 3 nitrogen and oxygen atoms in total. The van der Waals surface area contributed by atoms with Gasteiger partial charge in [0.05, 0.1) is 6.61 Å². The summed E-state index contributed by atoms with van der Waals surface area (Å²) < 4.78 is 5.57. The molecule has 15 heavy (non-hydrogen) atoms. The van der Waals surface area contributed by atoms with Crippen molar-refractivity contribution in [3.05, 3.63) is 0 Å². The van der Waals surface area contributed by atoms with Crippen molar-refractivity contribution in [3.63, 3.8) is 0 Å². The predicted molar refractivity (Wildman–Crippen MR) is 64.2 cm³/mol. The minimum Gasteiger partial charge on any atom is -0.381 e. The second-order valence-corrected chi connectivity index (χ2v) is 4.81. The van der Waals surface area contributed by atoms with E-state index in [0.717, 1.165) is 39.4 Å². The summed E-state index contributed by atoms with van der Waals surface area (Å²) in [5, 5.41) is 3.54. The van der Waals surface area contributed by atoms with Gasteiger partial charge in [-0.25, -0.2) is 0 Å². The van der Waals surface area contributed by atoms with Gasteiger partial charge in [0.2, 0.25) is 0 Å². The van der Waals surface area contributed by atoms with Crippen LogP contribution in [0.25, 0.3) is 0 Å². The second kappa shape index (κ2) is 6.46. The van der Waals surface area contributed by atoms with Crippen molar-refractivity contribution < 1.29 is 4.74 Å². The number of ether oxygens (including phenoxy) is 1. The van der Waals surface area contributed by atoms with Gasteiger partial charge in [0.1, 0.15) is 0 Å². The smallest absolute Gasteiger partial charge is 0.0547 e. The summed E-state index contributed by atoms with van der Waals surface area (Å²) in [4.78, 5) is 2.39. The van der Waals surface area contributed by atoms with Gasteiger partial charge in [-0.05, 0) is 33.0 Å². The van der Waals surface area contributed by atoms with E-state index in [1.807, 2.05) is 0 Å². The molecule has 0 saturated carbocycles. The number of rotatable bonds is 7. The Morgan fingerprint density at radius 3 is 2.73 bits per heavy atom. The molecule has 0 aromatic carbocycles. The molecule has 0 spiro atoms. The van der Waals surface area contributed by atoms with Crippen molar-refractivity contribution in [2.75, 3.05) is 46.4 Å². The van der Waals surface area contributed by atoms with E-state index in [9.17, 15) is 0 Å². The molecular formula is C12H26N2O. The first-order valence-corrected chi connectivity index (χ1v) is 6.19. The van der Waals surface area contributed by atoms with E-state index in [4.69, 9.17) is 4.74 Å². The lowest BCUT2D eigenvalue weighted by Gasteiger charge is -2.32. The fraction of sp³-hybridized carbons (Fsp3) is 1.00. The highest BCUT2D eigenvalue weighted by molar-refractivity contribution is 4.87. The largest absolute Gasteiger partial charge is 0.381 e. The summed E-state index contributed by atoms with van der Waals surface area (Å²) in [6.45, 7) is 10.8. The van der Waals surface area contributed by atoms with Gasteiger partial charge in [0.25, 0.3) is 0 Å². The van der Waals surface area contributed by atoms with Crippen LogP contribution in [0, 0.1) is 5.41 Å². The van der Waals surface area contributed by atoms with E-state index in [2.05, 4.69) is 31.1 Å². The van der Waals surface area contributed by atoms with Crippen LogP contribution in [-0.4, -0.2) is 51.3 Å². The molecule has 1 atom stereocenters. The van der Waals surface area contributed by atoms with Crippen molar-refractivity contribution in [2.45, 2.75) is 26.7 Å². The van der Waals surface area contributed by atoms with Gasteiger partial charge in [0, 0.05) is 25.1 Å². The molecule has 0 aromatic rings. The molecule has 1 unspecified atom stereocenters. The molecule has 1 heterocycles. The Morgan fingerprint density at radius 2 is 2.20 bits per heavy atom. The van der Waals surface area contributed by atoms with Crippen LogP contribution in [0.3, 0.4) is 0 Å². The highest BCUT2D eigenvalue weighted by Gasteiger charge is 2.35. The third kappa shape index (κ3) is 4.09. The predicted octanol–water partition coefficient (Wildman–Crippen LogP) is 1.34. The first-order chi connectivity index (χ1) is 7.22. The Bertz CT molecular complexity index is 167. The van der Waals surface area contributed by atoms with Gasteiger partial charge in [0.15, 0.2) is 0 Å². The maximum Gasteiger partial charge on any atom is 0.0547 e. The lowest BCUT2D eigenvalue weighted by atomic mass is 9.86. The topological polar surface area (TPSA) is 24.5 Å². The maximum absolute atomic E-state index is 5.57. The molecule has 3 heteroatoms. The van der Waals surface area contributed by atoms with Crippen LogP contribution in [-0.2, 0) is 4.74 Å². The van der Waals surface area contributed by atoms with E-state index in [0.29, 0.717) is 5.41 Å². The Kier molecular flexibility index (Phi) is 5.58. The molecule has 0 bridgehead atoms. The fourth-order valence-corrected chi connectivity index (χ4v) is 2.18. The van der Waals surface area contributed by atoms with Crippen LogP contribution in [0.2, 0.25) is 0 Å². The van der Waals surface area contributed by atoms with Crippen LogP contribution in [0.5, 0.6) is 0 Å². The first kappa shape index (κ1) is 12.9. The Balaban J connectivity index is 2.39. The average molecular weight is 214 g/mol. The van der Waals surface area contributed by atoms with Gasteiger partial charge in [-0.1, -0.05) is 13.8 Å². The average Bonchev–Trinajstić information content (AvgIpc) is 2.67. The quantitative estimate of drug-likeness (QED) is 0.647. The number of hydrogen-bond acceptors (Lipinski definition) is 3. The highest BCUT2D eigenvalue weighted by atomic mass is 16.5. The van der Waals surface area contributed by atoms with E-state index in [-0.39, 0.29) is 0 Å². The Labute approximate surface area is 94.2 Å². The molecule has 0 amide bonds. The monoisotopic (exact) mass is 214 g/mol. The molecule has 1 N–H and O–H groups in total. The zero-order valence-corrected chi connectivity index (χ0v) is 10.5. The fourth-order valence-electron chi connectivity index (χ4n) is 2.18. The van der Waals surface area contributed by atoms with Crippen LogP contribution in [0.4, 0.5) is 0 Å². The van der Waals surface area contributed by atoms with Crippen LogP contribution >= 0.6 is 0 Å². The summed E-state index contributed by atoms with van der Waals surface area (Å²) >= 11 is 0. The standard InChI is InChI=1S/C12H26N2O/c1-4-7-13-9-12(6-8-15-11-12)10-14(3)5-2/h13H,4-11H2,1-3H3. The number of nitrogens with zero attached hydrogens (tertiary/aromatic N) is 1. The van der Waals surface area contributed by atoms with E-state index in [1.54, 1.807) is 0 Å². The van der Waals surface area contributed by atoms with Crippen LogP contribution in [0.1, 0.15) is 26.7 Å². The Hall–Kier alpha value is -0.120. The van der Waals surface area contributed by atoms with E-state index in [1.165, 1.54) is 12.8 Å². The molecule has 1 fully saturated rings. The van der Waals surface area contributed by atoms with Crippen molar-refractivity contribution in [1.82, 2.24) is 10.2 Å². The van der Waals surface area contributed by atoms with Crippen molar-refractivity contribution in [2.24, 2.45) is 5.41 Å². The summed E-state index contributed by atoms with van der Waals surface area (Å²) in [6.07, 6.45) is 2.41. The first-order valence-electron chi connectivity index (χ1n) is 6.19. The number of nitrogens with one attached hydrogen (secondary N) is 1. The van der Waals surface area contributed by atoms with Crippen molar-refractivity contribution >= 4 is 0 Å². The maximum atomic E-state index is 5.57. The van der Waals surface area contributed by atoms with Gasteiger partial charge in [-0.15, -0.1) is 0 Å². The molecule has 0 radical (unpaired) electrons. The molecule has 0 aliphatic carbocycles. The lowest BCUT2D eigenvalue weighted by Crippen LogP contribution is -2.43. The zero-order chi connectivity index (χ0) is 11.1. The molecule has 90 valence electrons. The third-order valence-corrected chi connectivity index (χ3v) is 3.26. The normalized spacial score (nSPS) is 26.4. The summed E-state index contributed by atoms with van der Waals surface area (Å²) in [7, 11) is 2.19. The summed E-state index contributed by atoms with van der Waals surface area (Å²) in [5.74, 6) is 0. The highest BCUT2D eigenvalue weighted by Crippen LogP contribution is 2.28. The summed E-state index contributed by atoms with van der Waals surface area (Å²) in [5.41, 5.74) is 0.361. The van der Waals surface area contributed by atoms with Crippen LogP contribution in [0.15, 0.2) is 0 Å². The molecule has 1 aliphatic heterocycles. The minimum absolute atomic E-state index is 0.361. The minimum atomic E-state index is 0.361. The van der Waals surface area contributed by atoms with E-state index < -0.39 is 0 Å². The molecule has 0 aromatic heterocycles. The van der Waals surface area contributed by atoms with E-state index >= 15 is 0 Å². The van der Waals surface area contributed by atoms with Gasteiger partial charge in [-0.2, -0.15) is 0 Å². The third-order valence-electron chi connectivity index (χ3n) is 3.26. The SMILES string of the molecule is CCCNCC1(CN(C)CC)CCOC1. The lowest BCUT2D eigenvalue weighted by molar-refractivity contribution is 0.121. The molecular weight excluding hydrogens is 188 g/mol.